The van der Waals surface area contributed by atoms with E-state index < -0.39 is 0 Å². The number of benzene rings is 1. The molecule has 1 fully saturated rings. The summed E-state index contributed by atoms with van der Waals surface area (Å²) in [6.45, 7) is 6.90. The van der Waals surface area contributed by atoms with E-state index in [1.807, 2.05) is 22.9 Å². The lowest BCUT2D eigenvalue weighted by molar-refractivity contribution is 0.0821. The van der Waals surface area contributed by atoms with Gasteiger partial charge in [-0.15, -0.1) is 0 Å². The Hall–Kier alpha value is -2.93. The highest BCUT2D eigenvalue weighted by atomic mass is 16.2. The summed E-state index contributed by atoms with van der Waals surface area (Å²) in [7, 11) is 3.61. The lowest BCUT2D eigenvalue weighted by atomic mass is 10.0. The molecule has 0 saturated carbocycles. The summed E-state index contributed by atoms with van der Waals surface area (Å²) in [5.74, 6) is 0.897. The van der Waals surface area contributed by atoms with Crippen LogP contribution in [-0.4, -0.2) is 61.2 Å². The van der Waals surface area contributed by atoms with E-state index in [4.69, 9.17) is 4.98 Å². The molecule has 1 amide bonds. The lowest BCUT2D eigenvalue weighted by Gasteiger charge is -2.27. The Labute approximate surface area is 189 Å². The highest BCUT2D eigenvalue weighted by Crippen LogP contribution is 2.36. The Morgan fingerprint density at radius 3 is 2.59 bits per heavy atom. The van der Waals surface area contributed by atoms with Gasteiger partial charge < -0.3 is 9.47 Å². The maximum Gasteiger partial charge on any atom is 0.273 e. The molecule has 0 aliphatic carbocycles. The van der Waals surface area contributed by atoms with Crippen LogP contribution in [0.4, 0.5) is 0 Å². The largest absolute Gasteiger partial charge is 0.343 e. The van der Waals surface area contributed by atoms with Crippen LogP contribution in [0.3, 0.4) is 0 Å². The smallest absolute Gasteiger partial charge is 0.273 e. The quantitative estimate of drug-likeness (QED) is 0.620. The van der Waals surface area contributed by atoms with Gasteiger partial charge in [0.1, 0.15) is 11.5 Å². The first-order valence-electron chi connectivity index (χ1n) is 11.6. The van der Waals surface area contributed by atoms with Crippen molar-refractivity contribution in [1.29, 1.82) is 0 Å². The van der Waals surface area contributed by atoms with Crippen molar-refractivity contribution in [2.75, 3.05) is 14.1 Å². The molecule has 32 heavy (non-hydrogen) atoms. The zero-order valence-electron chi connectivity index (χ0n) is 19.5. The second-order valence-electron chi connectivity index (χ2n) is 9.26. The van der Waals surface area contributed by atoms with Gasteiger partial charge in [0.15, 0.2) is 0 Å². The van der Waals surface area contributed by atoms with Gasteiger partial charge in [0.05, 0.1) is 11.4 Å². The van der Waals surface area contributed by atoms with Crippen molar-refractivity contribution < 1.29 is 4.79 Å². The van der Waals surface area contributed by atoms with Crippen molar-refractivity contribution in [3.05, 3.63) is 59.2 Å². The van der Waals surface area contributed by atoms with Gasteiger partial charge in [-0.05, 0) is 26.7 Å². The molecule has 2 aliphatic heterocycles. The molecule has 4 heterocycles. The highest BCUT2D eigenvalue weighted by Gasteiger charge is 2.40. The molecule has 1 aromatic carbocycles. The average molecular weight is 433 g/mol. The molecule has 0 radical (unpaired) electrons. The number of fused-ring (bicyclic) bond motifs is 3. The summed E-state index contributed by atoms with van der Waals surface area (Å²) < 4.78 is 4.35. The number of aromatic nitrogens is 4. The minimum absolute atomic E-state index is 0.0136. The zero-order chi connectivity index (χ0) is 22.4. The van der Waals surface area contributed by atoms with Gasteiger partial charge in [0, 0.05) is 69.6 Å². The number of rotatable bonds is 5. The maximum atomic E-state index is 13.1. The van der Waals surface area contributed by atoms with Crippen LogP contribution in [0.1, 0.15) is 47.2 Å². The van der Waals surface area contributed by atoms with E-state index in [0.717, 1.165) is 55.3 Å². The first kappa shape index (κ1) is 20.9. The normalized spacial score (nSPS) is 20.2. The van der Waals surface area contributed by atoms with Crippen LogP contribution in [-0.2, 0) is 26.1 Å². The molecular formula is C25H32N6O. The molecule has 2 unspecified atom stereocenters. The van der Waals surface area contributed by atoms with Gasteiger partial charge in [0.25, 0.3) is 5.91 Å². The summed E-state index contributed by atoms with van der Waals surface area (Å²) in [4.78, 5) is 22.2. The fourth-order valence-electron chi connectivity index (χ4n) is 5.28. The summed E-state index contributed by atoms with van der Waals surface area (Å²) in [5, 5.41) is 4.65. The van der Waals surface area contributed by atoms with E-state index in [1.54, 1.807) is 19.0 Å². The Balaban J connectivity index is 1.54. The van der Waals surface area contributed by atoms with Crippen LogP contribution in [0.2, 0.25) is 0 Å². The van der Waals surface area contributed by atoms with Crippen LogP contribution in [0, 0.1) is 6.92 Å². The van der Waals surface area contributed by atoms with Crippen molar-refractivity contribution in [2.24, 2.45) is 0 Å². The maximum absolute atomic E-state index is 13.1. The molecule has 7 heteroatoms. The Morgan fingerprint density at radius 2 is 1.91 bits per heavy atom. The molecular weight excluding hydrogens is 400 g/mol. The number of carbonyl (C=O) groups is 1. The van der Waals surface area contributed by atoms with E-state index in [9.17, 15) is 4.79 Å². The third kappa shape index (κ3) is 3.54. The molecule has 2 atom stereocenters. The fourth-order valence-corrected chi connectivity index (χ4v) is 5.28. The third-order valence-corrected chi connectivity index (χ3v) is 7.03. The Morgan fingerprint density at radius 1 is 1.16 bits per heavy atom. The predicted molar refractivity (Wildman–Crippen MR) is 124 cm³/mol. The molecule has 2 aliphatic rings. The van der Waals surface area contributed by atoms with E-state index in [1.165, 1.54) is 12.0 Å². The Kier molecular flexibility index (Phi) is 5.37. The van der Waals surface area contributed by atoms with Crippen LogP contribution in [0.5, 0.6) is 0 Å². The molecule has 1 saturated heterocycles. The number of hydrogen-bond donors (Lipinski definition) is 0. The molecule has 5 rings (SSSR count). The van der Waals surface area contributed by atoms with Gasteiger partial charge in [-0.25, -0.2) is 4.98 Å². The van der Waals surface area contributed by atoms with Crippen LogP contribution >= 0.6 is 0 Å². The van der Waals surface area contributed by atoms with Crippen molar-refractivity contribution in [1.82, 2.24) is 29.1 Å². The summed E-state index contributed by atoms with van der Waals surface area (Å²) in [6.07, 6.45) is 5.38. The van der Waals surface area contributed by atoms with E-state index in [-0.39, 0.29) is 5.91 Å². The summed E-state index contributed by atoms with van der Waals surface area (Å²) in [6, 6.07) is 11.1. The van der Waals surface area contributed by atoms with Gasteiger partial charge >= 0.3 is 0 Å². The van der Waals surface area contributed by atoms with Gasteiger partial charge in [-0.1, -0.05) is 30.3 Å². The first-order chi connectivity index (χ1) is 15.5. The lowest BCUT2D eigenvalue weighted by Crippen LogP contribution is -2.36. The van der Waals surface area contributed by atoms with E-state index in [0.29, 0.717) is 17.8 Å². The number of amides is 1. The fraction of sp³-hybridized carbons (Fsp3) is 0.480. The predicted octanol–water partition coefficient (Wildman–Crippen LogP) is 3.37. The highest BCUT2D eigenvalue weighted by molar-refractivity contribution is 5.94. The van der Waals surface area contributed by atoms with Crippen molar-refractivity contribution >= 4 is 5.91 Å². The van der Waals surface area contributed by atoms with Gasteiger partial charge in [-0.2, -0.15) is 5.10 Å². The standard InChI is InChI=1S/C25H32N6O/c1-5-29-14-19(17(2)27-29)15-30-20-11-12-21(30)16-31-22(13-20)23(25(32)28(3)4)26-24(31)18-9-7-6-8-10-18/h6-10,14,20-21H,5,11-13,15-16H2,1-4H3. The van der Waals surface area contributed by atoms with Crippen molar-refractivity contribution in [3.8, 4) is 11.4 Å². The summed E-state index contributed by atoms with van der Waals surface area (Å²) >= 11 is 0. The van der Waals surface area contributed by atoms with Crippen molar-refractivity contribution in [2.45, 2.75) is 64.8 Å². The first-order valence-corrected chi connectivity index (χ1v) is 11.6. The molecule has 0 N–H and O–H groups in total. The minimum atomic E-state index is -0.0136. The SMILES string of the molecule is CCn1cc(CN2C3CCC2Cn2c(-c4ccccc4)nc(C(=O)N(C)C)c2C3)c(C)n1. The van der Waals surface area contributed by atoms with Gasteiger partial charge in [0.2, 0.25) is 0 Å². The van der Waals surface area contributed by atoms with Crippen LogP contribution < -0.4 is 0 Å². The van der Waals surface area contributed by atoms with Crippen LogP contribution in [0.25, 0.3) is 11.4 Å². The average Bonchev–Trinajstić information content (AvgIpc) is 3.41. The number of aryl methyl sites for hydroxylation is 2. The molecule has 3 aromatic rings. The number of imidazole rings is 1. The molecule has 0 spiro atoms. The second kappa shape index (κ2) is 8.20. The molecule has 7 nitrogen and oxygen atoms in total. The number of carbonyl (C=O) groups excluding carboxylic acids is 1. The number of hydrogen-bond acceptors (Lipinski definition) is 4. The minimum Gasteiger partial charge on any atom is -0.343 e. The van der Waals surface area contributed by atoms with E-state index in [2.05, 4.69) is 46.7 Å². The van der Waals surface area contributed by atoms with E-state index >= 15 is 0 Å². The summed E-state index contributed by atoms with van der Waals surface area (Å²) in [5.41, 5.74) is 5.18. The molecule has 168 valence electrons. The van der Waals surface area contributed by atoms with Gasteiger partial charge in [-0.3, -0.25) is 14.4 Å². The third-order valence-electron chi connectivity index (χ3n) is 7.03. The molecule has 2 bridgehead atoms. The topological polar surface area (TPSA) is 59.2 Å². The van der Waals surface area contributed by atoms with Crippen LogP contribution in [0.15, 0.2) is 36.5 Å². The number of nitrogens with zero attached hydrogens (tertiary/aromatic N) is 6. The van der Waals surface area contributed by atoms with Crippen molar-refractivity contribution in [3.63, 3.8) is 0 Å². The monoisotopic (exact) mass is 432 g/mol. The second-order valence-corrected chi connectivity index (χ2v) is 9.26. The Bertz CT molecular complexity index is 1130. The zero-order valence-corrected chi connectivity index (χ0v) is 19.5. The molecule has 2 aromatic heterocycles.